The number of hydrogen-bond donors (Lipinski definition) is 1. The van der Waals surface area contributed by atoms with Crippen LogP contribution in [-0.2, 0) is 11.3 Å². The third-order valence-corrected chi connectivity index (χ3v) is 4.20. The fourth-order valence-electron chi connectivity index (χ4n) is 3.03. The van der Waals surface area contributed by atoms with E-state index in [0.29, 0.717) is 12.1 Å². The molecule has 116 valence electrons. The zero-order valence-corrected chi connectivity index (χ0v) is 13.3. The first-order chi connectivity index (χ1) is 9.99. The highest BCUT2D eigenvalue weighted by atomic mass is 16.2. The normalized spacial score (nSPS) is 20.3. The molecule has 0 radical (unpaired) electrons. The van der Waals surface area contributed by atoms with Crippen molar-refractivity contribution in [3.05, 3.63) is 35.9 Å². The van der Waals surface area contributed by atoms with Gasteiger partial charge >= 0.3 is 0 Å². The van der Waals surface area contributed by atoms with Crippen molar-refractivity contribution in [3.63, 3.8) is 0 Å². The summed E-state index contributed by atoms with van der Waals surface area (Å²) in [6.45, 7) is 8.76. The summed E-state index contributed by atoms with van der Waals surface area (Å²) in [6, 6.07) is 11.0. The Balaban J connectivity index is 2.02. The molecular weight excluding hydrogens is 262 g/mol. The summed E-state index contributed by atoms with van der Waals surface area (Å²) >= 11 is 0. The lowest BCUT2D eigenvalue weighted by molar-refractivity contribution is -0.131. The first kappa shape index (κ1) is 16.0. The largest absolute Gasteiger partial charge is 0.340 e. The maximum atomic E-state index is 12.0. The predicted molar refractivity (Wildman–Crippen MR) is 85.8 cm³/mol. The van der Waals surface area contributed by atoms with Crippen LogP contribution >= 0.6 is 0 Å². The molecule has 1 aromatic carbocycles. The van der Waals surface area contributed by atoms with Gasteiger partial charge in [0.2, 0.25) is 5.91 Å². The highest BCUT2D eigenvalue weighted by molar-refractivity contribution is 5.81. The number of benzene rings is 1. The third-order valence-electron chi connectivity index (χ3n) is 4.20. The second kappa shape index (κ2) is 7.05. The Morgan fingerprint density at radius 3 is 2.57 bits per heavy atom. The molecule has 1 aliphatic rings. The third kappa shape index (κ3) is 4.05. The minimum atomic E-state index is -0.398. The molecule has 4 heteroatoms. The average Bonchev–Trinajstić information content (AvgIpc) is 2.94. The van der Waals surface area contributed by atoms with Crippen molar-refractivity contribution in [2.75, 3.05) is 13.1 Å². The van der Waals surface area contributed by atoms with E-state index < -0.39 is 6.04 Å². The van der Waals surface area contributed by atoms with Gasteiger partial charge < -0.3 is 10.6 Å². The molecule has 2 N–H and O–H groups in total. The van der Waals surface area contributed by atoms with Crippen molar-refractivity contribution < 1.29 is 4.79 Å². The number of rotatable bonds is 5. The zero-order valence-electron chi connectivity index (χ0n) is 13.3. The van der Waals surface area contributed by atoms with Gasteiger partial charge in [0.05, 0.1) is 6.04 Å². The molecule has 0 spiro atoms. The summed E-state index contributed by atoms with van der Waals surface area (Å²) in [7, 11) is 0. The molecule has 2 atom stereocenters. The summed E-state index contributed by atoms with van der Waals surface area (Å²) in [5, 5.41) is 0. The second-order valence-electron chi connectivity index (χ2n) is 6.27. The van der Waals surface area contributed by atoms with E-state index in [4.69, 9.17) is 5.73 Å². The predicted octanol–water partition coefficient (Wildman–Crippen LogP) is 1.85. The Morgan fingerprint density at radius 1 is 1.33 bits per heavy atom. The van der Waals surface area contributed by atoms with Crippen LogP contribution in [0.2, 0.25) is 0 Å². The van der Waals surface area contributed by atoms with E-state index in [0.717, 1.165) is 26.1 Å². The molecule has 1 amide bonds. The van der Waals surface area contributed by atoms with E-state index >= 15 is 0 Å². The molecule has 0 bridgehead atoms. The molecule has 1 heterocycles. The lowest BCUT2D eigenvalue weighted by atomic mass is 10.1. The van der Waals surface area contributed by atoms with Crippen molar-refractivity contribution in [2.24, 2.45) is 5.73 Å². The van der Waals surface area contributed by atoms with Gasteiger partial charge in [0.25, 0.3) is 0 Å². The molecule has 0 aliphatic carbocycles. The molecule has 1 aromatic rings. The lowest BCUT2D eigenvalue weighted by Gasteiger charge is -2.32. The second-order valence-corrected chi connectivity index (χ2v) is 6.27. The van der Waals surface area contributed by atoms with Crippen LogP contribution in [0.15, 0.2) is 30.3 Å². The first-order valence-corrected chi connectivity index (χ1v) is 7.83. The van der Waals surface area contributed by atoms with E-state index in [1.807, 2.05) is 11.0 Å². The number of carbonyl (C=O) groups is 1. The van der Waals surface area contributed by atoms with Crippen molar-refractivity contribution in [1.82, 2.24) is 9.80 Å². The Morgan fingerprint density at radius 2 is 2.00 bits per heavy atom. The highest BCUT2D eigenvalue weighted by Crippen LogP contribution is 2.21. The quantitative estimate of drug-likeness (QED) is 0.900. The minimum absolute atomic E-state index is 0.0703. The van der Waals surface area contributed by atoms with E-state index in [9.17, 15) is 4.79 Å². The topological polar surface area (TPSA) is 49.6 Å². The Kier molecular flexibility index (Phi) is 5.37. The monoisotopic (exact) mass is 289 g/mol. The molecular formula is C17H27N3O. The lowest BCUT2D eigenvalue weighted by Crippen LogP contribution is -2.45. The van der Waals surface area contributed by atoms with Gasteiger partial charge in [-0.2, -0.15) is 0 Å². The smallest absolute Gasteiger partial charge is 0.239 e. The number of amides is 1. The number of carbonyl (C=O) groups excluding carboxylic acids is 1. The van der Waals surface area contributed by atoms with Gasteiger partial charge in [-0.15, -0.1) is 0 Å². The van der Waals surface area contributed by atoms with Crippen molar-refractivity contribution >= 4 is 5.91 Å². The van der Waals surface area contributed by atoms with Crippen LogP contribution in [-0.4, -0.2) is 46.9 Å². The molecule has 0 saturated carbocycles. The van der Waals surface area contributed by atoms with Crippen molar-refractivity contribution in [2.45, 2.75) is 51.9 Å². The highest BCUT2D eigenvalue weighted by Gasteiger charge is 2.32. The van der Waals surface area contributed by atoms with Crippen molar-refractivity contribution in [1.29, 1.82) is 0 Å². The molecule has 21 heavy (non-hydrogen) atoms. The average molecular weight is 289 g/mol. The summed E-state index contributed by atoms with van der Waals surface area (Å²) in [4.78, 5) is 16.4. The van der Waals surface area contributed by atoms with Crippen LogP contribution in [0.25, 0.3) is 0 Å². The number of nitrogens with zero attached hydrogens (tertiary/aromatic N) is 2. The van der Waals surface area contributed by atoms with Gasteiger partial charge in [-0.25, -0.2) is 0 Å². The van der Waals surface area contributed by atoms with E-state index in [2.05, 4.69) is 43.0 Å². The van der Waals surface area contributed by atoms with Gasteiger partial charge in [0.15, 0.2) is 0 Å². The number of hydrogen-bond acceptors (Lipinski definition) is 3. The van der Waals surface area contributed by atoms with E-state index in [1.165, 1.54) is 5.56 Å². The van der Waals surface area contributed by atoms with E-state index in [-0.39, 0.29) is 5.91 Å². The Hall–Kier alpha value is -1.39. The molecule has 1 fully saturated rings. The van der Waals surface area contributed by atoms with Crippen LogP contribution in [0.4, 0.5) is 0 Å². The van der Waals surface area contributed by atoms with Gasteiger partial charge in [0, 0.05) is 31.7 Å². The van der Waals surface area contributed by atoms with Crippen LogP contribution < -0.4 is 5.73 Å². The molecule has 0 aromatic heterocycles. The van der Waals surface area contributed by atoms with Crippen LogP contribution in [0.5, 0.6) is 0 Å². The Labute approximate surface area is 127 Å². The maximum absolute atomic E-state index is 12.0. The minimum Gasteiger partial charge on any atom is -0.340 e. The molecule has 0 unspecified atom stereocenters. The fraction of sp³-hybridized carbons (Fsp3) is 0.588. The Bertz CT molecular complexity index is 458. The molecule has 4 nitrogen and oxygen atoms in total. The van der Waals surface area contributed by atoms with Gasteiger partial charge in [0.1, 0.15) is 0 Å². The maximum Gasteiger partial charge on any atom is 0.239 e. The summed E-state index contributed by atoms with van der Waals surface area (Å²) < 4.78 is 0. The van der Waals surface area contributed by atoms with Crippen LogP contribution in [0, 0.1) is 0 Å². The molecule has 1 saturated heterocycles. The number of nitrogens with two attached hydrogens (primary N) is 1. The van der Waals surface area contributed by atoms with Crippen LogP contribution in [0.3, 0.4) is 0 Å². The fourth-order valence-corrected chi connectivity index (χ4v) is 3.03. The van der Waals surface area contributed by atoms with Gasteiger partial charge in [-0.3, -0.25) is 9.69 Å². The summed E-state index contributed by atoms with van der Waals surface area (Å²) in [5.41, 5.74) is 7.04. The molecule has 2 rings (SSSR count). The first-order valence-electron chi connectivity index (χ1n) is 7.83. The number of likely N-dealkylation sites (tertiary alicyclic amines) is 1. The standard InChI is InChI=1S/C17H27N3O/c1-13(2)20(11-15-7-5-4-6-8-15)16-9-10-19(12-16)17(21)14(3)18/h4-8,13-14,16H,9-12,18H2,1-3H3/t14-,16-/m0/s1. The van der Waals surface area contributed by atoms with Gasteiger partial charge in [-0.1, -0.05) is 30.3 Å². The molecule has 1 aliphatic heterocycles. The summed E-state index contributed by atoms with van der Waals surface area (Å²) in [5.74, 6) is 0.0703. The van der Waals surface area contributed by atoms with E-state index in [1.54, 1.807) is 6.92 Å². The van der Waals surface area contributed by atoms with Gasteiger partial charge in [-0.05, 0) is 32.8 Å². The van der Waals surface area contributed by atoms with Crippen LogP contribution in [0.1, 0.15) is 32.8 Å². The van der Waals surface area contributed by atoms with Crippen molar-refractivity contribution in [3.8, 4) is 0 Å². The zero-order chi connectivity index (χ0) is 15.4. The SMILES string of the molecule is CC(C)N(Cc1ccccc1)[C@H]1CCN(C(=O)[C@H](C)N)C1. The summed E-state index contributed by atoms with van der Waals surface area (Å²) in [6.07, 6.45) is 1.03.